The lowest BCUT2D eigenvalue weighted by Crippen LogP contribution is -2.25. The van der Waals surface area contributed by atoms with Crippen molar-refractivity contribution >= 4 is 5.91 Å². The molecule has 3 rings (SSSR count). The molecule has 0 saturated carbocycles. The van der Waals surface area contributed by atoms with Crippen LogP contribution in [0.5, 0.6) is 0 Å². The van der Waals surface area contributed by atoms with Gasteiger partial charge in [0.2, 0.25) is 5.91 Å². The molecule has 0 radical (unpaired) electrons. The first kappa shape index (κ1) is 20.8. The van der Waals surface area contributed by atoms with Gasteiger partial charge in [-0.15, -0.1) is 0 Å². The van der Waals surface area contributed by atoms with Crippen LogP contribution < -0.4 is 5.32 Å². The summed E-state index contributed by atoms with van der Waals surface area (Å²) < 4.78 is 18.9. The second-order valence-electron chi connectivity index (χ2n) is 7.64. The van der Waals surface area contributed by atoms with Crippen LogP contribution in [-0.2, 0) is 24.1 Å². The predicted molar refractivity (Wildman–Crippen MR) is 112 cm³/mol. The number of nitrogens with zero attached hydrogens (tertiary/aromatic N) is 1. The molecule has 0 atom stereocenters. The monoisotopic (exact) mass is 394 g/mol. The lowest BCUT2D eigenvalue weighted by atomic mass is 10.0. The first-order valence-electron chi connectivity index (χ1n) is 10.0. The lowest BCUT2D eigenvalue weighted by Gasteiger charge is -2.05. The summed E-state index contributed by atoms with van der Waals surface area (Å²) in [4.78, 5) is 16.3. The number of nitrogens with one attached hydrogen (secondary N) is 1. The van der Waals surface area contributed by atoms with E-state index in [9.17, 15) is 9.18 Å². The fraction of sp³-hybridized carbons (Fsp3) is 0.333. The molecule has 152 valence electrons. The van der Waals surface area contributed by atoms with Gasteiger partial charge >= 0.3 is 0 Å². The van der Waals surface area contributed by atoms with Crippen molar-refractivity contribution in [2.45, 2.75) is 39.5 Å². The maximum atomic E-state index is 13.2. The zero-order valence-electron chi connectivity index (χ0n) is 17.0. The maximum absolute atomic E-state index is 13.2. The van der Waals surface area contributed by atoms with Crippen LogP contribution in [0.25, 0.3) is 11.3 Å². The number of amides is 1. The van der Waals surface area contributed by atoms with E-state index < -0.39 is 0 Å². The topological polar surface area (TPSA) is 55.1 Å². The Balaban J connectivity index is 1.44. The molecule has 1 N–H and O–H groups in total. The minimum Gasteiger partial charge on any atom is -0.441 e. The molecule has 0 aliphatic rings. The lowest BCUT2D eigenvalue weighted by molar-refractivity contribution is -0.121. The van der Waals surface area contributed by atoms with Gasteiger partial charge in [0.25, 0.3) is 0 Å². The molecule has 0 spiro atoms. The Morgan fingerprint density at radius 2 is 1.90 bits per heavy atom. The third-order valence-electron chi connectivity index (χ3n) is 4.63. The van der Waals surface area contributed by atoms with E-state index in [2.05, 4.69) is 36.3 Å². The van der Waals surface area contributed by atoms with Crippen molar-refractivity contribution < 1.29 is 13.6 Å². The minimum absolute atomic E-state index is 0.0702. The Morgan fingerprint density at radius 1 is 1.10 bits per heavy atom. The molecule has 1 aromatic heterocycles. The summed E-state index contributed by atoms with van der Waals surface area (Å²) in [6, 6.07) is 14.7. The number of halogens is 1. The van der Waals surface area contributed by atoms with E-state index in [1.807, 2.05) is 18.2 Å². The van der Waals surface area contributed by atoms with Crippen molar-refractivity contribution in [2.75, 3.05) is 6.54 Å². The van der Waals surface area contributed by atoms with Crippen LogP contribution >= 0.6 is 0 Å². The van der Waals surface area contributed by atoms with Crippen LogP contribution in [0.1, 0.15) is 37.3 Å². The van der Waals surface area contributed by atoms with Gasteiger partial charge in [-0.05, 0) is 42.0 Å². The van der Waals surface area contributed by atoms with Gasteiger partial charge < -0.3 is 9.73 Å². The van der Waals surface area contributed by atoms with Gasteiger partial charge in [0.05, 0.1) is 6.20 Å². The molecular formula is C24H27FN2O2. The second kappa shape index (κ2) is 10.0. The highest BCUT2D eigenvalue weighted by molar-refractivity contribution is 5.76. The number of rotatable bonds is 9. The number of benzene rings is 2. The number of hydrogen-bond donors (Lipinski definition) is 1. The fourth-order valence-electron chi connectivity index (χ4n) is 3.18. The third kappa shape index (κ3) is 6.56. The number of aromatic nitrogens is 1. The van der Waals surface area contributed by atoms with Crippen LogP contribution in [0.4, 0.5) is 4.39 Å². The Kier molecular flexibility index (Phi) is 7.17. The van der Waals surface area contributed by atoms with Crippen LogP contribution in [0.2, 0.25) is 0 Å². The summed E-state index contributed by atoms with van der Waals surface area (Å²) in [5, 5.41) is 2.85. The van der Waals surface area contributed by atoms with Gasteiger partial charge in [0.15, 0.2) is 11.7 Å². The Labute approximate surface area is 171 Å². The van der Waals surface area contributed by atoms with E-state index in [1.165, 1.54) is 17.7 Å². The normalized spacial score (nSPS) is 11.0. The number of hydrogen-bond acceptors (Lipinski definition) is 3. The molecular weight excluding hydrogens is 367 g/mol. The quantitative estimate of drug-likeness (QED) is 0.557. The Morgan fingerprint density at radius 3 is 2.62 bits per heavy atom. The minimum atomic E-state index is -0.261. The van der Waals surface area contributed by atoms with E-state index in [4.69, 9.17) is 4.42 Å². The number of oxazole rings is 1. The van der Waals surface area contributed by atoms with Gasteiger partial charge in [-0.25, -0.2) is 9.37 Å². The molecule has 0 aliphatic heterocycles. The second-order valence-corrected chi connectivity index (χ2v) is 7.64. The molecule has 0 saturated heterocycles. The molecule has 0 unspecified atom stereocenters. The van der Waals surface area contributed by atoms with Crippen LogP contribution in [0, 0.1) is 11.7 Å². The van der Waals surface area contributed by atoms with Crippen molar-refractivity contribution in [1.82, 2.24) is 10.3 Å². The molecule has 29 heavy (non-hydrogen) atoms. The molecule has 2 aromatic carbocycles. The van der Waals surface area contributed by atoms with Crippen molar-refractivity contribution in [3.63, 3.8) is 0 Å². The van der Waals surface area contributed by atoms with E-state index >= 15 is 0 Å². The largest absolute Gasteiger partial charge is 0.441 e. The average molecular weight is 394 g/mol. The van der Waals surface area contributed by atoms with Gasteiger partial charge in [-0.1, -0.05) is 50.2 Å². The number of aryl methyl sites for hydroxylation is 1. The van der Waals surface area contributed by atoms with Crippen LogP contribution in [-0.4, -0.2) is 17.4 Å². The van der Waals surface area contributed by atoms with E-state index in [1.54, 1.807) is 12.3 Å². The fourth-order valence-corrected chi connectivity index (χ4v) is 3.18. The molecule has 0 fully saturated rings. The van der Waals surface area contributed by atoms with Gasteiger partial charge in [-0.2, -0.15) is 0 Å². The van der Waals surface area contributed by atoms with Crippen molar-refractivity contribution in [3.05, 3.63) is 77.6 Å². The molecule has 5 heteroatoms. The maximum Gasteiger partial charge on any atom is 0.220 e. The first-order chi connectivity index (χ1) is 14.0. The SMILES string of the molecule is CC(C)Cc1ccc(-c2cnc(CCC(=O)NCCc3cccc(F)c3)o2)cc1. The molecule has 3 aromatic rings. The van der Waals surface area contributed by atoms with E-state index in [-0.39, 0.29) is 11.7 Å². The Hall–Kier alpha value is -2.95. The molecule has 0 aliphatic carbocycles. The van der Waals surface area contributed by atoms with Gasteiger partial charge in [0.1, 0.15) is 5.82 Å². The number of carbonyl (C=O) groups is 1. The highest BCUT2D eigenvalue weighted by Crippen LogP contribution is 2.22. The first-order valence-corrected chi connectivity index (χ1v) is 10.0. The summed E-state index contributed by atoms with van der Waals surface area (Å²) in [5.41, 5.74) is 3.15. The summed E-state index contributed by atoms with van der Waals surface area (Å²) in [6.45, 7) is 4.88. The molecule has 0 bridgehead atoms. The standard InChI is InChI=1S/C24H27FN2O2/c1-17(2)14-19-6-8-20(9-7-19)22-16-27-24(29-22)11-10-23(28)26-13-12-18-4-3-5-21(25)15-18/h3-9,15-17H,10-14H2,1-2H3,(H,26,28). The molecule has 4 nitrogen and oxygen atoms in total. The molecule has 1 amide bonds. The van der Waals surface area contributed by atoms with E-state index in [0.29, 0.717) is 43.4 Å². The summed E-state index contributed by atoms with van der Waals surface area (Å²) in [6.07, 6.45) is 4.10. The summed E-state index contributed by atoms with van der Waals surface area (Å²) in [7, 11) is 0. The van der Waals surface area contributed by atoms with Crippen molar-refractivity contribution in [1.29, 1.82) is 0 Å². The molecule has 1 heterocycles. The smallest absolute Gasteiger partial charge is 0.220 e. The highest BCUT2D eigenvalue weighted by atomic mass is 19.1. The summed E-state index contributed by atoms with van der Waals surface area (Å²) >= 11 is 0. The highest BCUT2D eigenvalue weighted by Gasteiger charge is 2.09. The van der Waals surface area contributed by atoms with Crippen molar-refractivity contribution in [3.8, 4) is 11.3 Å². The van der Waals surface area contributed by atoms with Crippen LogP contribution in [0.15, 0.2) is 59.1 Å². The third-order valence-corrected chi connectivity index (χ3v) is 4.63. The van der Waals surface area contributed by atoms with Gasteiger partial charge in [0, 0.05) is 24.9 Å². The van der Waals surface area contributed by atoms with Crippen LogP contribution in [0.3, 0.4) is 0 Å². The zero-order valence-corrected chi connectivity index (χ0v) is 17.0. The van der Waals surface area contributed by atoms with Crippen molar-refractivity contribution in [2.24, 2.45) is 5.92 Å². The number of carbonyl (C=O) groups excluding carboxylic acids is 1. The summed E-state index contributed by atoms with van der Waals surface area (Å²) in [5.74, 6) is 1.55. The van der Waals surface area contributed by atoms with Gasteiger partial charge in [-0.3, -0.25) is 4.79 Å². The average Bonchev–Trinajstić information content (AvgIpc) is 3.16. The Bertz CT molecular complexity index is 932. The zero-order chi connectivity index (χ0) is 20.6. The predicted octanol–water partition coefficient (Wildman–Crippen LogP) is 4.97. The van der Waals surface area contributed by atoms with E-state index in [0.717, 1.165) is 17.5 Å².